The van der Waals surface area contributed by atoms with Gasteiger partial charge in [-0.25, -0.2) is 9.37 Å². The summed E-state index contributed by atoms with van der Waals surface area (Å²) < 4.78 is 58.1. The van der Waals surface area contributed by atoms with E-state index >= 15 is 0 Å². The molecular weight excluding hydrogens is 430 g/mol. The monoisotopic (exact) mass is 453 g/mol. The highest BCUT2D eigenvalue weighted by Gasteiger charge is 2.37. The maximum Gasteiger partial charge on any atom is 0.419 e. The molecule has 3 rings (SSSR count). The molecule has 6 nitrogen and oxygen atoms in total. The number of piperidine rings is 1. The van der Waals surface area contributed by atoms with E-state index in [0.29, 0.717) is 24.9 Å². The number of ether oxygens (including phenoxy) is 1. The number of rotatable bonds is 6. The minimum atomic E-state index is -4.56. The Balaban J connectivity index is 1.76. The zero-order chi connectivity index (χ0) is 23.3. The highest BCUT2D eigenvalue weighted by atomic mass is 19.4. The molecule has 1 aliphatic heterocycles. The zero-order valence-electron chi connectivity index (χ0n) is 17.4. The number of nitrogens with zero attached hydrogens (tertiary/aromatic N) is 2. The molecule has 2 heterocycles. The summed E-state index contributed by atoms with van der Waals surface area (Å²) in [5.74, 6) is -2.24. The minimum absolute atomic E-state index is 0.0558. The second-order valence-electron chi connectivity index (χ2n) is 7.55. The second-order valence-corrected chi connectivity index (χ2v) is 7.55. The third-order valence-electron chi connectivity index (χ3n) is 5.37. The molecule has 2 atom stereocenters. The number of alkyl halides is 3. The molecule has 2 unspecified atom stereocenters. The average molecular weight is 453 g/mol. The highest BCUT2D eigenvalue weighted by molar-refractivity contribution is 5.81. The summed E-state index contributed by atoms with van der Waals surface area (Å²) in [6.07, 6.45) is -2.46. The van der Waals surface area contributed by atoms with Crippen molar-refractivity contribution < 1.29 is 31.9 Å². The normalized spacial score (nSPS) is 17.5. The van der Waals surface area contributed by atoms with Crippen LogP contribution in [0.4, 0.5) is 23.4 Å². The molecule has 32 heavy (non-hydrogen) atoms. The Hall–Kier alpha value is -3.17. The summed E-state index contributed by atoms with van der Waals surface area (Å²) in [6, 6.07) is 6.78. The topological polar surface area (TPSA) is 71.5 Å². The van der Waals surface area contributed by atoms with E-state index in [0.717, 1.165) is 6.07 Å². The van der Waals surface area contributed by atoms with E-state index < -0.39 is 41.4 Å². The number of hydrogen-bond acceptors (Lipinski definition) is 5. The van der Waals surface area contributed by atoms with Crippen LogP contribution in [0.3, 0.4) is 0 Å². The quantitative estimate of drug-likeness (QED) is 0.531. The number of amides is 1. The average Bonchev–Trinajstić information content (AvgIpc) is 2.78. The van der Waals surface area contributed by atoms with Gasteiger partial charge in [0.2, 0.25) is 5.91 Å². The number of benzene rings is 1. The van der Waals surface area contributed by atoms with Crippen molar-refractivity contribution in [1.29, 1.82) is 0 Å². The van der Waals surface area contributed by atoms with Gasteiger partial charge < -0.3 is 15.0 Å². The SMILES string of the molecule is COC(=O)CC(NC(=O)C1CCCN(c2ncccc2C(F)(F)F)C1)c1ccc(F)cc1. The fourth-order valence-corrected chi connectivity index (χ4v) is 3.74. The molecule has 0 spiro atoms. The number of pyridine rings is 1. The van der Waals surface area contributed by atoms with E-state index in [4.69, 9.17) is 0 Å². The lowest BCUT2D eigenvalue weighted by Crippen LogP contribution is -2.45. The maximum absolute atomic E-state index is 13.4. The largest absolute Gasteiger partial charge is 0.469 e. The highest BCUT2D eigenvalue weighted by Crippen LogP contribution is 2.36. The summed E-state index contributed by atoms with van der Waals surface area (Å²) in [5, 5.41) is 2.77. The van der Waals surface area contributed by atoms with Crippen molar-refractivity contribution in [2.75, 3.05) is 25.1 Å². The van der Waals surface area contributed by atoms with Gasteiger partial charge in [-0.05, 0) is 42.7 Å². The molecule has 1 aliphatic rings. The molecule has 10 heteroatoms. The first-order chi connectivity index (χ1) is 15.2. The molecule has 0 aliphatic carbocycles. The minimum Gasteiger partial charge on any atom is -0.469 e. The first kappa shape index (κ1) is 23.5. The Morgan fingerprint density at radius 2 is 1.97 bits per heavy atom. The smallest absolute Gasteiger partial charge is 0.419 e. The van der Waals surface area contributed by atoms with Crippen molar-refractivity contribution >= 4 is 17.7 Å². The fraction of sp³-hybridized carbons (Fsp3) is 0.409. The standard InChI is InChI=1S/C22H23F4N3O3/c1-32-19(30)12-18(14-6-8-16(23)9-7-14)28-21(31)15-4-3-11-29(13-15)20-17(22(24,25)26)5-2-10-27-20/h2,5-10,15,18H,3-4,11-13H2,1H3,(H,28,31). The lowest BCUT2D eigenvalue weighted by molar-refractivity contribution is -0.141. The molecule has 0 radical (unpaired) electrons. The van der Waals surface area contributed by atoms with Crippen molar-refractivity contribution in [3.05, 3.63) is 59.5 Å². The molecule has 1 aromatic heterocycles. The van der Waals surface area contributed by atoms with Gasteiger partial charge in [-0.15, -0.1) is 0 Å². The first-order valence-electron chi connectivity index (χ1n) is 10.1. The molecule has 1 saturated heterocycles. The Morgan fingerprint density at radius 1 is 1.25 bits per heavy atom. The van der Waals surface area contributed by atoms with E-state index in [1.165, 1.54) is 48.5 Å². The van der Waals surface area contributed by atoms with Crippen molar-refractivity contribution in [1.82, 2.24) is 10.3 Å². The number of esters is 1. The van der Waals surface area contributed by atoms with Crippen LogP contribution in [0.5, 0.6) is 0 Å². The van der Waals surface area contributed by atoms with E-state index in [9.17, 15) is 27.2 Å². The van der Waals surface area contributed by atoms with Crippen LogP contribution >= 0.6 is 0 Å². The molecule has 172 valence electrons. The predicted octanol–water partition coefficient (Wildman–Crippen LogP) is 3.88. The number of hydrogen-bond donors (Lipinski definition) is 1. The fourth-order valence-electron chi connectivity index (χ4n) is 3.74. The van der Waals surface area contributed by atoms with Crippen LogP contribution in [0.15, 0.2) is 42.6 Å². The molecular formula is C22H23F4N3O3. The summed E-state index contributed by atoms with van der Waals surface area (Å²) in [5.41, 5.74) is -0.335. The number of methoxy groups -OCH3 is 1. The van der Waals surface area contributed by atoms with Crippen molar-refractivity contribution in [2.24, 2.45) is 5.92 Å². The molecule has 1 fully saturated rings. The van der Waals surface area contributed by atoms with Crippen molar-refractivity contribution in [3.8, 4) is 0 Å². The number of carbonyl (C=O) groups excluding carboxylic acids is 2. The molecule has 0 saturated carbocycles. The van der Waals surface area contributed by atoms with E-state index in [2.05, 4.69) is 15.0 Å². The van der Waals surface area contributed by atoms with Gasteiger partial charge in [-0.1, -0.05) is 12.1 Å². The van der Waals surface area contributed by atoms with Gasteiger partial charge in [0.1, 0.15) is 11.6 Å². The Bertz CT molecular complexity index is 950. The third kappa shape index (κ3) is 5.74. The van der Waals surface area contributed by atoms with E-state index in [-0.39, 0.29) is 18.8 Å². The van der Waals surface area contributed by atoms with Gasteiger partial charge in [-0.3, -0.25) is 9.59 Å². The maximum atomic E-state index is 13.4. The van der Waals surface area contributed by atoms with E-state index in [1.54, 1.807) is 0 Å². The van der Waals surface area contributed by atoms with Crippen LogP contribution in [0.2, 0.25) is 0 Å². The number of anilines is 1. The molecule has 2 aromatic rings. The van der Waals surface area contributed by atoms with Crippen LogP contribution in [-0.4, -0.2) is 37.1 Å². The van der Waals surface area contributed by atoms with Crippen LogP contribution in [0.25, 0.3) is 0 Å². The zero-order valence-corrected chi connectivity index (χ0v) is 17.4. The van der Waals surface area contributed by atoms with Crippen LogP contribution in [-0.2, 0) is 20.5 Å². The van der Waals surface area contributed by atoms with Crippen molar-refractivity contribution in [3.63, 3.8) is 0 Å². The van der Waals surface area contributed by atoms with Gasteiger partial charge in [0, 0.05) is 19.3 Å². The molecule has 1 amide bonds. The van der Waals surface area contributed by atoms with Crippen LogP contribution < -0.4 is 10.2 Å². The predicted molar refractivity (Wildman–Crippen MR) is 108 cm³/mol. The number of nitrogens with one attached hydrogen (secondary N) is 1. The van der Waals surface area contributed by atoms with Crippen LogP contribution in [0.1, 0.15) is 36.4 Å². The molecule has 1 aromatic carbocycles. The van der Waals surface area contributed by atoms with Crippen LogP contribution in [0, 0.1) is 11.7 Å². The summed E-state index contributed by atoms with van der Waals surface area (Å²) in [4.78, 5) is 30.2. The summed E-state index contributed by atoms with van der Waals surface area (Å²) >= 11 is 0. The Labute approximate surface area is 182 Å². The number of carbonyl (C=O) groups is 2. The third-order valence-corrected chi connectivity index (χ3v) is 5.37. The lowest BCUT2D eigenvalue weighted by atomic mass is 9.95. The van der Waals surface area contributed by atoms with Gasteiger partial charge >= 0.3 is 12.1 Å². The van der Waals surface area contributed by atoms with E-state index in [1.807, 2.05) is 0 Å². The molecule has 1 N–H and O–H groups in total. The summed E-state index contributed by atoms with van der Waals surface area (Å²) in [6.45, 7) is 0.397. The first-order valence-corrected chi connectivity index (χ1v) is 10.1. The molecule has 0 bridgehead atoms. The Morgan fingerprint density at radius 3 is 2.62 bits per heavy atom. The van der Waals surface area contributed by atoms with Crippen molar-refractivity contribution in [2.45, 2.75) is 31.5 Å². The lowest BCUT2D eigenvalue weighted by Gasteiger charge is -2.34. The van der Waals surface area contributed by atoms with Gasteiger partial charge in [-0.2, -0.15) is 13.2 Å². The number of aromatic nitrogens is 1. The second kappa shape index (κ2) is 9.97. The Kier molecular flexibility index (Phi) is 7.32. The van der Waals surface area contributed by atoms with Gasteiger partial charge in [0.15, 0.2) is 0 Å². The number of halogens is 4. The van der Waals surface area contributed by atoms with Gasteiger partial charge in [0.05, 0.1) is 31.1 Å². The van der Waals surface area contributed by atoms with Gasteiger partial charge in [0.25, 0.3) is 0 Å². The summed E-state index contributed by atoms with van der Waals surface area (Å²) in [7, 11) is 1.22.